The molecule has 0 aliphatic heterocycles. The zero-order valence-corrected chi connectivity index (χ0v) is 13.6. The summed E-state index contributed by atoms with van der Waals surface area (Å²) >= 11 is 0. The summed E-state index contributed by atoms with van der Waals surface area (Å²) in [5, 5.41) is 10.4. The minimum atomic E-state index is -4.47. The maximum absolute atomic E-state index is 13.0. The van der Waals surface area contributed by atoms with Crippen LogP contribution in [0, 0.1) is 6.92 Å². The van der Waals surface area contributed by atoms with Gasteiger partial charge in [0.15, 0.2) is 0 Å². The number of carbonyl (C=O) groups is 1. The number of nitrogens with zero attached hydrogens (tertiary/aromatic N) is 3. The van der Waals surface area contributed by atoms with E-state index in [0.29, 0.717) is 17.6 Å². The normalized spacial score (nSPS) is 11.7. The number of rotatable bonds is 3. The van der Waals surface area contributed by atoms with E-state index in [-0.39, 0.29) is 11.3 Å². The molecular weight excluding hydrogens is 333 g/mol. The molecule has 0 saturated heterocycles. The van der Waals surface area contributed by atoms with Crippen LogP contribution in [0.5, 0.6) is 0 Å². The maximum atomic E-state index is 13.0. The fraction of sp³-hybridized carbons (Fsp3) is 0.235. The molecule has 0 fully saturated rings. The van der Waals surface area contributed by atoms with Crippen LogP contribution in [-0.2, 0) is 12.7 Å². The van der Waals surface area contributed by atoms with E-state index >= 15 is 0 Å². The third-order valence-electron chi connectivity index (χ3n) is 3.88. The molecule has 0 bridgehead atoms. The molecule has 130 valence electrons. The van der Waals surface area contributed by atoms with Gasteiger partial charge in [0.05, 0.1) is 11.1 Å². The van der Waals surface area contributed by atoms with E-state index in [1.165, 1.54) is 19.1 Å². The Kier molecular flexibility index (Phi) is 4.20. The second-order valence-electron chi connectivity index (χ2n) is 5.59. The Balaban J connectivity index is 1.87. The first-order chi connectivity index (χ1) is 11.8. The Hall–Kier alpha value is -2.90. The number of carbonyl (C=O) groups excluding carboxylic acids is 1. The first-order valence-corrected chi connectivity index (χ1v) is 7.62. The summed E-state index contributed by atoms with van der Waals surface area (Å²) in [6, 6.07) is 8.56. The molecule has 0 aliphatic rings. The second kappa shape index (κ2) is 6.19. The molecule has 1 amide bonds. The number of alkyl halides is 3. The fourth-order valence-electron chi connectivity index (χ4n) is 2.56. The molecule has 0 spiro atoms. The number of benzene rings is 2. The smallest absolute Gasteiger partial charge is 0.322 e. The molecule has 5 nitrogen and oxygen atoms in total. The summed E-state index contributed by atoms with van der Waals surface area (Å²) in [6.07, 6.45) is -4.47. The quantitative estimate of drug-likeness (QED) is 0.777. The van der Waals surface area contributed by atoms with Crippen LogP contribution in [0.25, 0.3) is 11.0 Å². The predicted octanol–water partition coefficient (Wildman–Crippen LogP) is 4.03. The molecule has 8 heteroatoms. The van der Waals surface area contributed by atoms with Crippen molar-refractivity contribution in [2.24, 2.45) is 0 Å². The van der Waals surface area contributed by atoms with Crippen molar-refractivity contribution in [2.75, 3.05) is 5.32 Å². The summed E-state index contributed by atoms with van der Waals surface area (Å²) < 4.78 is 40.6. The summed E-state index contributed by atoms with van der Waals surface area (Å²) in [5.74, 6) is -0.509. The Morgan fingerprint density at radius 1 is 1.20 bits per heavy atom. The van der Waals surface area contributed by atoms with Crippen molar-refractivity contribution in [3.05, 3.63) is 53.1 Å². The highest BCUT2D eigenvalue weighted by Gasteiger charge is 2.32. The molecule has 1 N–H and O–H groups in total. The van der Waals surface area contributed by atoms with Crippen molar-refractivity contribution < 1.29 is 18.0 Å². The highest BCUT2D eigenvalue weighted by Crippen LogP contribution is 2.33. The number of hydrogen-bond acceptors (Lipinski definition) is 3. The van der Waals surface area contributed by atoms with Gasteiger partial charge in [0, 0.05) is 17.8 Å². The van der Waals surface area contributed by atoms with Crippen LogP contribution in [-0.4, -0.2) is 20.9 Å². The van der Waals surface area contributed by atoms with Crippen LogP contribution in [0.2, 0.25) is 0 Å². The molecule has 0 atom stereocenters. The van der Waals surface area contributed by atoms with Gasteiger partial charge in [-0.15, -0.1) is 5.10 Å². The van der Waals surface area contributed by atoms with Crippen LogP contribution < -0.4 is 5.32 Å². The van der Waals surface area contributed by atoms with Crippen molar-refractivity contribution >= 4 is 22.6 Å². The van der Waals surface area contributed by atoms with Crippen molar-refractivity contribution in [3.63, 3.8) is 0 Å². The van der Waals surface area contributed by atoms with Crippen molar-refractivity contribution in [1.29, 1.82) is 0 Å². The molecule has 0 radical (unpaired) electrons. The number of aromatic nitrogens is 3. The Morgan fingerprint density at radius 2 is 1.96 bits per heavy atom. The van der Waals surface area contributed by atoms with E-state index in [9.17, 15) is 18.0 Å². The van der Waals surface area contributed by atoms with E-state index in [4.69, 9.17) is 0 Å². The van der Waals surface area contributed by atoms with E-state index in [0.717, 1.165) is 11.6 Å². The van der Waals surface area contributed by atoms with Crippen LogP contribution >= 0.6 is 0 Å². The fourth-order valence-corrected chi connectivity index (χ4v) is 2.56. The molecule has 1 heterocycles. The van der Waals surface area contributed by atoms with Crippen LogP contribution in [0.4, 0.5) is 18.9 Å². The molecule has 0 aliphatic carbocycles. The number of nitrogens with one attached hydrogen (secondary N) is 1. The van der Waals surface area contributed by atoms with Gasteiger partial charge in [-0.05, 0) is 49.7 Å². The predicted molar refractivity (Wildman–Crippen MR) is 87.3 cm³/mol. The summed E-state index contributed by atoms with van der Waals surface area (Å²) in [7, 11) is 0. The number of hydrogen-bond donors (Lipinski definition) is 1. The van der Waals surface area contributed by atoms with E-state index in [1.807, 2.05) is 6.92 Å². The van der Waals surface area contributed by atoms with Gasteiger partial charge in [0.25, 0.3) is 5.91 Å². The molecule has 1 aromatic heterocycles. The van der Waals surface area contributed by atoms with Gasteiger partial charge >= 0.3 is 6.18 Å². The Bertz CT molecular complexity index is 947. The summed E-state index contributed by atoms with van der Waals surface area (Å²) in [6.45, 7) is 3.94. The lowest BCUT2D eigenvalue weighted by molar-refractivity contribution is -0.138. The van der Waals surface area contributed by atoms with Gasteiger partial charge in [-0.25, -0.2) is 4.68 Å². The summed E-state index contributed by atoms with van der Waals surface area (Å²) in [5.41, 5.74) is 1.04. The molecule has 25 heavy (non-hydrogen) atoms. The van der Waals surface area contributed by atoms with E-state index in [1.54, 1.807) is 22.9 Å². The Labute approximate surface area is 141 Å². The summed E-state index contributed by atoms with van der Waals surface area (Å²) in [4.78, 5) is 12.3. The van der Waals surface area contributed by atoms with Crippen molar-refractivity contribution in [1.82, 2.24) is 15.0 Å². The third kappa shape index (κ3) is 3.33. The number of amides is 1. The topological polar surface area (TPSA) is 59.8 Å². The number of fused-ring (bicyclic) bond motifs is 1. The molecule has 0 unspecified atom stereocenters. The lowest BCUT2D eigenvalue weighted by Crippen LogP contribution is -2.14. The highest BCUT2D eigenvalue weighted by atomic mass is 19.4. The van der Waals surface area contributed by atoms with Gasteiger partial charge < -0.3 is 5.32 Å². The molecule has 3 rings (SSSR count). The van der Waals surface area contributed by atoms with Gasteiger partial charge in [-0.1, -0.05) is 11.3 Å². The Morgan fingerprint density at radius 3 is 2.64 bits per heavy atom. The van der Waals surface area contributed by atoms with Gasteiger partial charge in [-0.2, -0.15) is 13.2 Å². The second-order valence-corrected chi connectivity index (χ2v) is 5.59. The molecule has 2 aromatic carbocycles. The number of aryl methyl sites for hydroxylation is 2. The van der Waals surface area contributed by atoms with Crippen LogP contribution in [0.15, 0.2) is 36.4 Å². The lowest BCUT2D eigenvalue weighted by atomic mass is 10.1. The largest absolute Gasteiger partial charge is 0.416 e. The van der Waals surface area contributed by atoms with Crippen molar-refractivity contribution in [3.8, 4) is 0 Å². The van der Waals surface area contributed by atoms with Crippen LogP contribution in [0.3, 0.4) is 0 Å². The number of anilines is 1. The van der Waals surface area contributed by atoms with E-state index in [2.05, 4.69) is 15.6 Å². The van der Waals surface area contributed by atoms with Gasteiger partial charge in [0.2, 0.25) is 0 Å². The van der Waals surface area contributed by atoms with Crippen molar-refractivity contribution in [2.45, 2.75) is 26.6 Å². The molecule has 3 aromatic rings. The SMILES string of the molecule is CCn1nnc2cc(C(=O)Nc3ccc(C)c(C(F)(F)F)c3)ccc21. The average molecular weight is 348 g/mol. The number of halogens is 3. The third-order valence-corrected chi connectivity index (χ3v) is 3.88. The average Bonchev–Trinajstić information content (AvgIpc) is 2.97. The standard InChI is InChI=1S/C17H15F3N4O/c1-3-24-15-7-5-11(8-14(15)22-23-24)16(25)21-12-6-4-10(2)13(9-12)17(18,19)20/h4-9H,3H2,1-2H3,(H,21,25). The molecular formula is C17H15F3N4O. The van der Waals surface area contributed by atoms with Gasteiger partial charge in [-0.3, -0.25) is 4.79 Å². The zero-order valence-electron chi connectivity index (χ0n) is 13.6. The first kappa shape index (κ1) is 16.9. The highest BCUT2D eigenvalue weighted by molar-refractivity contribution is 6.05. The van der Waals surface area contributed by atoms with E-state index < -0.39 is 17.6 Å². The molecule has 0 saturated carbocycles. The lowest BCUT2D eigenvalue weighted by Gasteiger charge is -2.13. The maximum Gasteiger partial charge on any atom is 0.416 e. The monoisotopic (exact) mass is 348 g/mol. The van der Waals surface area contributed by atoms with Crippen LogP contribution in [0.1, 0.15) is 28.4 Å². The zero-order chi connectivity index (χ0) is 18.2. The van der Waals surface area contributed by atoms with Gasteiger partial charge in [0.1, 0.15) is 5.52 Å². The minimum absolute atomic E-state index is 0.0836. The first-order valence-electron chi connectivity index (χ1n) is 7.62. The minimum Gasteiger partial charge on any atom is -0.322 e.